The van der Waals surface area contributed by atoms with Gasteiger partial charge in [-0.2, -0.15) is 5.10 Å². The SMILES string of the molecule is CC(C)c1ccc(C(C)C)cc1.CC(C)c1cnc(C(C)C)nn1. The summed E-state index contributed by atoms with van der Waals surface area (Å²) in [5.74, 6) is 2.88. The predicted molar refractivity (Wildman–Crippen MR) is 103 cm³/mol. The Morgan fingerprint density at radius 3 is 1.29 bits per heavy atom. The summed E-state index contributed by atoms with van der Waals surface area (Å²) in [5, 5.41) is 8.13. The minimum absolute atomic E-state index is 0.360. The second-order valence-electron chi connectivity index (χ2n) is 7.53. The summed E-state index contributed by atoms with van der Waals surface area (Å²) < 4.78 is 0. The summed E-state index contributed by atoms with van der Waals surface area (Å²) in [4.78, 5) is 4.23. The molecule has 1 aromatic heterocycles. The Hall–Kier alpha value is -1.77. The molecule has 2 rings (SSSR count). The lowest BCUT2D eigenvalue weighted by molar-refractivity contribution is 0.692. The minimum Gasteiger partial charge on any atom is -0.237 e. The zero-order valence-corrected chi connectivity index (χ0v) is 16.5. The third kappa shape index (κ3) is 6.38. The average Bonchev–Trinajstić information content (AvgIpc) is 2.55. The van der Waals surface area contributed by atoms with Crippen molar-refractivity contribution in [2.24, 2.45) is 0 Å². The van der Waals surface area contributed by atoms with Crippen LogP contribution in [0.15, 0.2) is 30.5 Å². The van der Waals surface area contributed by atoms with Crippen LogP contribution in [0, 0.1) is 0 Å². The van der Waals surface area contributed by atoms with Crippen molar-refractivity contribution in [1.29, 1.82) is 0 Å². The fourth-order valence-corrected chi connectivity index (χ4v) is 2.09. The van der Waals surface area contributed by atoms with Gasteiger partial charge in [0.2, 0.25) is 0 Å². The van der Waals surface area contributed by atoms with E-state index in [1.165, 1.54) is 11.1 Å². The van der Waals surface area contributed by atoms with Crippen LogP contribution in [0.3, 0.4) is 0 Å². The van der Waals surface area contributed by atoms with Gasteiger partial charge in [0.05, 0.1) is 11.9 Å². The van der Waals surface area contributed by atoms with E-state index in [1.807, 2.05) is 6.20 Å². The van der Waals surface area contributed by atoms with Crippen LogP contribution < -0.4 is 0 Å². The predicted octanol–water partition coefficient (Wildman–Crippen LogP) is 6.05. The molecular weight excluding hydrogens is 294 g/mol. The van der Waals surface area contributed by atoms with Gasteiger partial charge in [-0.05, 0) is 28.9 Å². The van der Waals surface area contributed by atoms with Crippen molar-refractivity contribution in [1.82, 2.24) is 15.2 Å². The minimum atomic E-state index is 0.360. The summed E-state index contributed by atoms with van der Waals surface area (Å²) in [5.41, 5.74) is 3.82. The smallest absolute Gasteiger partial charge is 0.153 e. The van der Waals surface area contributed by atoms with Crippen LogP contribution in [0.1, 0.15) is 102 Å². The maximum absolute atomic E-state index is 4.23. The van der Waals surface area contributed by atoms with Gasteiger partial charge < -0.3 is 0 Å². The van der Waals surface area contributed by atoms with Crippen LogP contribution in [0.4, 0.5) is 0 Å². The van der Waals surface area contributed by atoms with Crippen LogP contribution >= 0.6 is 0 Å². The summed E-state index contributed by atoms with van der Waals surface area (Å²) in [7, 11) is 0. The first-order valence-electron chi connectivity index (χ1n) is 9.01. The molecule has 24 heavy (non-hydrogen) atoms. The molecule has 132 valence electrons. The molecule has 0 unspecified atom stereocenters. The zero-order chi connectivity index (χ0) is 18.3. The van der Waals surface area contributed by atoms with Crippen LogP contribution in [0.2, 0.25) is 0 Å². The molecule has 1 aromatic carbocycles. The third-order valence-corrected chi connectivity index (χ3v) is 3.97. The lowest BCUT2D eigenvalue weighted by Gasteiger charge is -2.08. The van der Waals surface area contributed by atoms with Gasteiger partial charge in [-0.15, -0.1) is 5.10 Å². The van der Waals surface area contributed by atoms with E-state index in [0.29, 0.717) is 23.7 Å². The molecule has 3 nitrogen and oxygen atoms in total. The Morgan fingerprint density at radius 2 is 1.04 bits per heavy atom. The second kappa shape index (κ2) is 9.51. The first-order chi connectivity index (χ1) is 11.2. The number of hydrogen-bond acceptors (Lipinski definition) is 3. The van der Waals surface area contributed by atoms with E-state index in [2.05, 4.69) is 94.8 Å². The highest BCUT2D eigenvalue weighted by Crippen LogP contribution is 2.19. The standard InChI is InChI=1S/C12H18.C9H15N3/c1-9(2)11-5-7-12(8-6-11)10(3)4;1-6(2)8-5-10-9(7(3)4)12-11-8/h5-10H,1-4H3;5-7H,1-4H3. The van der Waals surface area contributed by atoms with Crippen molar-refractivity contribution < 1.29 is 0 Å². The van der Waals surface area contributed by atoms with Crippen molar-refractivity contribution in [3.8, 4) is 0 Å². The van der Waals surface area contributed by atoms with Crippen molar-refractivity contribution in [3.63, 3.8) is 0 Å². The zero-order valence-electron chi connectivity index (χ0n) is 16.5. The summed E-state index contributed by atoms with van der Waals surface area (Å²) in [6.45, 7) is 17.2. The van der Waals surface area contributed by atoms with Crippen molar-refractivity contribution in [2.45, 2.75) is 79.1 Å². The van der Waals surface area contributed by atoms with E-state index in [1.54, 1.807) is 0 Å². The second-order valence-corrected chi connectivity index (χ2v) is 7.53. The topological polar surface area (TPSA) is 38.7 Å². The Morgan fingerprint density at radius 1 is 0.583 bits per heavy atom. The van der Waals surface area contributed by atoms with Gasteiger partial charge in [0.25, 0.3) is 0 Å². The number of hydrogen-bond donors (Lipinski definition) is 0. The molecule has 0 aliphatic heterocycles. The molecule has 0 radical (unpaired) electrons. The molecule has 2 aromatic rings. The summed E-state index contributed by atoms with van der Waals surface area (Å²) in [6.07, 6.45) is 1.81. The lowest BCUT2D eigenvalue weighted by atomic mass is 9.97. The van der Waals surface area contributed by atoms with Gasteiger partial charge in [0.15, 0.2) is 5.82 Å². The highest BCUT2D eigenvalue weighted by molar-refractivity contribution is 5.26. The van der Waals surface area contributed by atoms with E-state index in [0.717, 1.165) is 11.5 Å². The van der Waals surface area contributed by atoms with E-state index in [4.69, 9.17) is 0 Å². The number of benzene rings is 1. The van der Waals surface area contributed by atoms with Crippen LogP contribution in [-0.2, 0) is 0 Å². The monoisotopic (exact) mass is 327 g/mol. The Balaban J connectivity index is 0.000000240. The largest absolute Gasteiger partial charge is 0.237 e. The van der Waals surface area contributed by atoms with Gasteiger partial charge in [0, 0.05) is 5.92 Å². The van der Waals surface area contributed by atoms with Gasteiger partial charge in [-0.3, -0.25) is 0 Å². The summed E-state index contributed by atoms with van der Waals surface area (Å²) >= 11 is 0. The Bertz CT molecular complexity index is 472. The quantitative estimate of drug-likeness (QED) is 0.686. The summed E-state index contributed by atoms with van der Waals surface area (Å²) in [6, 6.07) is 8.94. The molecule has 0 bridgehead atoms. The van der Waals surface area contributed by atoms with Crippen LogP contribution in [-0.4, -0.2) is 15.2 Å². The van der Waals surface area contributed by atoms with Crippen molar-refractivity contribution in [2.75, 3.05) is 0 Å². The number of nitrogens with zero attached hydrogens (tertiary/aromatic N) is 3. The maximum atomic E-state index is 4.23. The molecule has 0 fully saturated rings. The first-order valence-corrected chi connectivity index (χ1v) is 9.01. The molecule has 0 aliphatic carbocycles. The van der Waals surface area contributed by atoms with Crippen LogP contribution in [0.5, 0.6) is 0 Å². The molecule has 0 atom stereocenters. The fourth-order valence-electron chi connectivity index (χ4n) is 2.09. The first kappa shape index (κ1) is 20.3. The van der Waals surface area contributed by atoms with Gasteiger partial charge >= 0.3 is 0 Å². The molecule has 1 heterocycles. The highest BCUT2D eigenvalue weighted by atomic mass is 15.2. The molecule has 0 saturated carbocycles. The number of aromatic nitrogens is 3. The molecule has 0 N–H and O–H groups in total. The Kier molecular flexibility index (Phi) is 8.03. The molecular formula is C21H33N3. The van der Waals surface area contributed by atoms with E-state index < -0.39 is 0 Å². The molecule has 0 saturated heterocycles. The maximum Gasteiger partial charge on any atom is 0.153 e. The van der Waals surface area contributed by atoms with Gasteiger partial charge in [0.1, 0.15) is 0 Å². The number of rotatable bonds is 4. The Labute approximate surface area is 148 Å². The molecule has 0 aliphatic rings. The molecule has 0 amide bonds. The fraction of sp³-hybridized carbons (Fsp3) is 0.571. The van der Waals surface area contributed by atoms with E-state index in [-0.39, 0.29) is 0 Å². The highest BCUT2D eigenvalue weighted by Gasteiger charge is 2.05. The van der Waals surface area contributed by atoms with Crippen LogP contribution in [0.25, 0.3) is 0 Å². The van der Waals surface area contributed by atoms with E-state index >= 15 is 0 Å². The van der Waals surface area contributed by atoms with E-state index in [9.17, 15) is 0 Å². The molecule has 0 spiro atoms. The third-order valence-electron chi connectivity index (χ3n) is 3.97. The normalized spacial score (nSPS) is 11.2. The van der Waals surface area contributed by atoms with Gasteiger partial charge in [-0.1, -0.05) is 79.7 Å². The van der Waals surface area contributed by atoms with Crippen molar-refractivity contribution >= 4 is 0 Å². The van der Waals surface area contributed by atoms with Gasteiger partial charge in [-0.25, -0.2) is 4.98 Å². The molecule has 3 heteroatoms. The average molecular weight is 328 g/mol. The lowest BCUT2D eigenvalue weighted by Crippen LogP contribution is -2.03. The van der Waals surface area contributed by atoms with Crippen molar-refractivity contribution in [3.05, 3.63) is 53.1 Å².